The molecule has 3 rings (SSSR count). The van der Waals surface area contributed by atoms with E-state index in [-0.39, 0.29) is 11.9 Å². The molecule has 7 nitrogen and oxygen atoms in total. The Balaban J connectivity index is 1.71. The van der Waals surface area contributed by atoms with Crippen molar-refractivity contribution >= 4 is 17.7 Å². The number of amides is 1. The van der Waals surface area contributed by atoms with Crippen LogP contribution in [0.2, 0.25) is 0 Å². The molecule has 1 fully saturated rings. The van der Waals surface area contributed by atoms with E-state index in [1.165, 1.54) is 5.56 Å². The van der Waals surface area contributed by atoms with E-state index < -0.39 is 0 Å². The Bertz CT molecular complexity index is 929. The van der Waals surface area contributed by atoms with Crippen LogP contribution in [0.1, 0.15) is 83.4 Å². The molecule has 1 aliphatic heterocycles. The Labute approximate surface area is 223 Å². The van der Waals surface area contributed by atoms with Crippen LogP contribution in [0.25, 0.3) is 0 Å². The van der Waals surface area contributed by atoms with Gasteiger partial charge in [0.15, 0.2) is 0 Å². The minimum absolute atomic E-state index is 0.0177. The zero-order chi connectivity index (χ0) is 26.5. The molecule has 0 spiro atoms. The van der Waals surface area contributed by atoms with Gasteiger partial charge >= 0.3 is 0 Å². The first-order valence-corrected chi connectivity index (χ1v) is 14.3. The molecule has 1 amide bonds. The first kappa shape index (κ1) is 28.9. The molecule has 0 bridgehead atoms. The van der Waals surface area contributed by atoms with Crippen molar-refractivity contribution in [2.75, 3.05) is 43.1 Å². The Hall–Kier alpha value is -2.67. The number of carbonyl (C=O) groups is 1. The van der Waals surface area contributed by atoms with E-state index in [2.05, 4.69) is 66.6 Å². The first-order valence-electron chi connectivity index (χ1n) is 14.3. The highest BCUT2D eigenvalue weighted by atomic mass is 16.5. The predicted molar refractivity (Wildman–Crippen MR) is 152 cm³/mol. The van der Waals surface area contributed by atoms with E-state index in [9.17, 15) is 4.79 Å². The van der Waals surface area contributed by atoms with Crippen LogP contribution in [-0.2, 0) is 16.0 Å². The number of nitrogens with zero attached hydrogens (tertiary/aromatic N) is 3. The van der Waals surface area contributed by atoms with Crippen molar-refractivity contribution in [1.29, 1.82) is 0 Å². The van der Waals surface area contributed by atoms with Crippen LogP contribution in [-0.4, -0.2) is 54.8 Å². The van der Waals surface area contributed by atoms with E-state index in [1.807, 2.05) is 13.0 Å². The Morgan fingerprint density at radius 3 is 2.54 bits per heavy atom. The molecule has 37 heavy (non-hydrogen) atoms. The van der Waals surface area contributed by atoms with Crippen LogP contribution in [0.3, 0.4) is 0 Å². The van der Waals surface area contributed by atoms with Gasteiger partial charge in [0.05, 0.1) is 0 Å². The molecule has 1 aromatic carbocycles. The van der Waals surface area contributed by atoms with Crippen molar-refractivity contribution in [2.24, 2.45) is 5.92 Å². The highest BCUT2D eigenvalue weighted by molar-refractivity contribution is 5.84. The lowest BCUT2D eigenvalue weighted by molar-refractivity contribution is -0.122. The highest BCUT2D eigenvalue weighted by Gasteiger charge is 2.24. The highest BCUT2D eigenvalue weighted by Crippen LogP contribution is 2.30. The topological polar surface area (TPSA) is 79.4 Å². The lowest BCUT2D eigenvalue weighted by Crippen LogP contribution is -2.41. The van der Waals surface area contributed by atoms with Gasteiger partial charge in [-0.3, -0.25) is 4.79 Å². The molecule has 2 aromatic rings. The molecule has 0 saturated carbocycles. The fraction of sp³-hybridized carbons (Fsp3) is 0.633. The molecule has 204 valence electrons. The molecular weight excluding hydrogens is 462 g/mol. The van der Waals surface area contributed by atoms with Crippen molar-refractivity contribution in [2.45, 2.75) is 84.6 Å². The third-order valence-electron chi connectivity index (χ3n) is 6.92. The minimum Gasteiger partial charge on any atom is -0.382 e. The van der Waals surface area contributed by atoms with Crippen LogP contribution in [0.5, 0.6) is 0 Å². The summed E-state index contributed by atoms with van der Waals surface area (Å²) in [5, 5.41) is 6.55. The van der Waals surface area contributed by atoms with Gasteiger partial charge < -0.3 is 20.3 Å². The van der Waals surface area contributed by atoms with E-state index in [1.54, 1.807) is 0 Å². The average molecular weight is 510 g/mol. The molecule has 1 aliphatic rings. The number of aromatic nitrogens is 2. The van der Waals surface area contributed by atoms with Gasteiger partial charge in [-0.15, -0.1) is 0 Å². The SMILES string of the molecule is CCCCc1cc(N[C@@H](CC(C)C)C(=O)NCCCOCC)nc(N2CCC(c3ccccc3)CC2)n1. The van der Waals surface area contributed by atoms with Gasteiger partial charge in [-0.2, -0.15) is 4.98 Å². The van der Waals surface area contributed by atoms with Gasteiger partial charge in [-0.1, -0.05) is 57.5 Å². The number of benzene rings is 1. The lowest BCUT2D eigenvalue weighted by atomic mass is 9.90. The van der Waals surface area contributed by atoms with Gasteiger partial charge in [-0.25, -0.2) is 4.98 Å². The summed E-state index contributed by atoms with van der Waals surface area (Å²) >= 11 is 0. The number of hydrogen-bond donors (Lipinski definition) is 2. The molecule has 2 N–H and O–H groups in total. The van der Waals surface area contributed by atoms with Crippen molar-refractivity contribution in [3.05, 3.63) is 47.7 Å². The smallest absolute Gasteiger partial charge is 0.242 e. The summed E-state index contributed by atoms with van der Waals surface area (Å²) in [6, 6.07) is 12.5. The largest absolute Gasteiger partial charge is 0.382 e. The zero-order valence-electron chi connectivity index (χ0n) is 23.3. The summed E-state index contributed by atoms with van der Waals surface area (Å²) in [7, 11) is 0. The molecule has 0 radical (unpaired) electrons. The number of unbranched alkanes of at least 4 members (excludes halogenated alkanes) is 1. The quantitative estimate of drug-likeness (QED) is 0.306. The summed E-state index contributed by atoms with van der Waals surface area (Å²) in [5.41, 5.74) is 2.46. The zero-order valence-corrected chi connectivity index (χ0v) is 23.3. The van der Waals surface area contributed by atoms with Crippen molar-refractivity contribution in [1.82, 2.24) is 15.3 Å². The minimum atomic E-state index is -0.335. The number of piperidine rings is 1. The van der Waals surface area contributed by atoms with Crippen LogP contribution >= 0.6 is 0 Å². The van der Waals surface area contributed by atoms with Gasteiger partial charge in [0.25, 0.3) is 0 Å². The lowest BCUT2D eigenvalue weighted by Gasteiger charge is -2.32. The van der Waals surface area contributed by atoms with Crippen LogP contribution in [0, 0.1) is 5.92 Å². The number of anilines is 2. The third-order valence-corrected chi connectivity index (χ3v) is 6.92. The summed E-state index contributed by atoms with van der Waals surface area (Å²) < 4.78 is 5.40. The van der Waals surface area contributed by atoms with Gasteiger partial charge in [0, 0.05) is 44.6 Å². The van der Waals surface area contributed by atoms with Crippen LogP contribution in [0.4, 0.5) is 11.8 Å². The predicted octanol–water partition coefficient (Wildman–Crippen LogP) is 5.57. The van der Waals surface area contributed by atoms with Gasteiger partial charge in [0.1, 0.15) is 11.9 Å². The second-order valence-corrected chi connectivity index (χ2v) is 10.5. The molecule has 1 aromatic heterocycles. The molecule has 0 aliphatic carbocycles. The maximum atomic E-state index is 13.1. The maximum absolute atomic E-state index is 13.1. The molecular formula is C30H47N5O2. The molecule has 0 unspecified atom stereocenters. The number of ether oxygens (including phenoxy) is 1. The maximum Gasteiger partial charge on any atom is 0.242 e. The Morgan fingerprint density at radius 1 is 1.11 bits per heavy atom. The van der Waals surface area contributed by atoms with E-state index in [0.717, 1.165) is 75.5 Å². The summed E-state index contributed by atoms with van der Waals surface area (Å²) in [6.07, 6.45) is 6.85. The molecule has 2 heterocycles. The van der Waals surface area contributed by atoms with Crippen LogP contribution in [0.15, 0.2) is 36.4 Å². The monoisotopic (exact) mass is 509 g/mol. The van der Waals surface area contributed by atoms with E-state index in [4.69, 9.17) is 14.7 Å². The average Bonchev–Trinajstić information content (AvgIpc) is 2.91. The molecule has 1 saturated heterocycles. The van der Waals surface area contributed by atoms with Crippen LogP contribution < -0.4 is 15.5 Å². The Kier molecular flexibility index (Phi) is 12.1. The second kappa shape index (κ2) is 15.6. The fourth-order valence-corrected chi connectivity index (χ4v) is 4.86. The molecule has 1 atom stereocenters. The number of hydrogen-bond acceptors (Lipinski definition) is 6. The van der Waals surface area contributed by atoms with E-state index >= 15 is 0 Å². The van der Waals surface area contributed by atoms with Crippen molar-refractivity contribution in [3.63, 3.8) is 0 Å². The fourth-order valence-electron chi connectivity index (χ4n) is 4.86. The standard InChI is InChI=1S/C30H47N5O2/c1-5-7-14-26-22-28(33-27(21-23(3)4)29(36)31-17-11-20-37-6-2)34-30(32-26)35-18-15-25(16-19-35)24-12-9-8-10-13-24/h8-10,12-13,22-23,25,27H,5-7,11,14-21H2,1-4H3,(H,31,36)(H,32,33,34)/t27-/m0/s1. The summed E-state index contributed by atoms with van der Waals surface area (Å²) in [4.78, 5) is 25.2. The normalized spacial score (nSPS) is 15.1. The molecule has 7 heteroatoms. The Morgan fingerprint density at radius 2 is 1.86 bits per heavy atom. The second-order valence-electron chi connectivity index (χ2n) is 10.5. The summed E-state index contributed by atoms with van der Waals surface area (Å²) in [6.45, 7) is 12.3. The van der Waals surface area contributed by atoms with Crippen molar-refractivity contribution in [3.8, 4) is 0 Å². The van der Waals surface area contributed by atoms with Crippen molar-refractivity contribution < 1.29 is 9.53 Å². The summed E-state index contributed by atoms with van der Waals surface area (Å²) in [5.74, 6) is 2.51. The number of carbonyl (C=O) groups excluding carboxylic acids is 1. The third kappa shape index (κ3) is 9.62. The number of aryl methyl sites for hydroxylation is 1. The first-order chi connectivity index (χ1) is 18.0. The van der Waals surface area contributed by atoms with E-state index in [0.29, 0.717) is 31.6 Å². The van der Waals surface area contributed by atoms with Gasteiger partial charge in [0.2, 0.25) is 11.9 Å². The van der Waals surface area contributed by atoms with Gasteiger partial charge in [-0.05, 0) is 62.8 Å². The number of nitrogens with one attached hydrogen (secondary N) is 2. The number of rotatable bonds is 15.